The Bertz CT molecular complexity index is 1160. The topological polar surface area (TPSA) is 94.3 Å². The van der Waals surface area contributed by atoms with E-state index in [1.165, 1.54) is 36.9 Å². The lowest BCUT2D eigenvalue weighted by molar-refractivity contribution is -0.605. The van der Waals surface area contributed by atoms with Gasteiger partial charge in [0, 0.05) is 44.3 Å². The number of aldehydes is 1. The summed E-state index contributed by atoms with van der Waals surface area (Å²) in [5.74, 6) is -5.74. The number of hydrogen-bond acceptors (Lipinski definition) is 7. The lowest BCUT2D eigenvalue weighted by Crippen LogP contribution is -2.52. The van der Waals surface area contributed by atoms with Gasteiger partial charge in [-0.3, -0.25) is 4.90 Å². The van der Waals surface area contributed by atoms with E-state index in [-0.39, 0.29) is 37.1 Å². The van der Waals surface area contributed by atoms with Crippen molar-refractivity contribution in [2.45, 2.75) is 24.3 Å². The molecule has 35 heavy (non-hydrogen) atoms. The number of hydrogen-bond donors (Lipinski definition) is 1. The quantitative estimate of drug-likeness (QED) is 0.224. The number of benzene rings is 1. The predicted octanol–water partition coefficient (Wildman–Crippen LogP) is 3.28. The maximum atomic E-state index is 14.6. The standard InChI is InChI=1S/C23H21F4N5O3/c24-16-1-2-20(19(25)9-16)35-22-12-29-21(11-30-22)28-10-17(14-33)31-8-5-23(26,27)18(13-31)15-3-6-32(34)7-4-15/h1-4,6-7,9,11-12,14,17-18H,5,8,10,13H2,(H,28,29)/t17-,18?/m0/s1. The molecule has 12 heteroatoms. The third-order valence-corrected chi connectivity index (χ3v) is 5.74. The zero-order chi connectivity index (χ0) is 25.0. The van der Waals surface area contributed by atoms with Gasteiger partial charge in [0.2, 0.25) is 5.88 Å². The van der Waals surface area contributed by atoms with Crippen LogP contribution in [-0.2, 0) is 4.79 Å². The molecule has 0 spiro atoms. The summed E-state index contributed by atoms with van der Waals surface area (Å²) in [6.07, 6.45) is 5.09. The van der Waals surface area contributed by atoms with Crippen LogP contribution in [0.25, 0.3) is 0 Å². The molecule has 0 saturated carbocycles. The Kier molecular flexibility index (Phi) is 7.10. The molecule has 1 aliphatic heterocycles. The second-order valence-electron chi connectivity index (χ2n) is 8.05. The minimum atomic E-state index is -2.97. The van der Waals surface area contributed by atoms with E-state index in [0.717, 1.165) is 12.1 Å². The normalized spacial score (nSPS) is 18.6. The molecule has 1 fully saturated rings. The van der Waals surface area contributed by atoms with E-state index in [9.17, 15) is 27.6 Å². The van der Waals surface area contributed by atoms with E-state index in [1.54, 1.807) is 4.90 Å². The van der Waals surface area contributed by atoms with Crippen LogP contribution >= 0.6 is 0 Å². The molecule has 1 unspecified atom stereocenters. The van der Waals surface area contributed by atoms with E-state index in [4.69, 9.17) is 4.74 Å². The number of carbonyl (C=O) groups excluding carboxylic acids is 1. The highest BCUT2D eigenvalue weighted by Gasteiger charge is 2.46. The fourth-order valence-corrected chi connectivity index (χ4v) is 3.84. The van der Waals surface area contributed by atoms with Crippen molar-refractivity contribution in [2.75, 3.05) is 25.0 Å². The van der Waals surface area contributed by atoms with Gasteiger partial charge in [-0.1, -0.05) is 0 Å². The van der Waals surface area contributed by atoms with Crippen molar-refractivity contribution < 1.29 is 31.8 Å². The van der Waals surface area contributed by atoms with Crippen molar-refractivity contribution >= 4 is 12.1 Å². The van der Waals surface area contributed by atoms with Gasteiger partial charge in [-0.15, -0.1) is 0 Å². The van der Waals surface area contributed by atoms with E-state index in [2.05, 4.69) is 15.3 Å². The van der Waals surface area contributed by atoms with Gasteiger partial charge in [0.1, 0.15) is 17.9 Å². The molecule has 1 aliphatic rings. The number of carbonyl (C=O) groups is 1. The molecule has 8 nitrogen and oxygen atoms in total. The summed E-state index contributed by atoms with van der Waals surface area (Å²) in [6.45, 7) is 0.0337. The second kappa shape index (κ2) is 10.2. The highest BCUT2D eigenvalue weighted by atomic mass is 19.3. The summed E-state index contributed by atoms with van der Waals surface area (Å²) < 4.78 is 61.7. The van der Waals surface area contributed by atoms with Gasteiger partial charge < -0.3 is 20.1 Å². The molecule has 1 N–H and O–H groups in total. The van der Waals surface area contributed by atoms with Crippen LogP contribution in [0.4, 0.5) is 23.4 Å². The summed E-state index contributed by atoms with van der Waals surface area (Å²) in [5.41, 5.74) is 0.323. The molecule has 0 radical (unpaired) electrons. The lowest BCUT2D eigenvalue weighted by Gasteiger charge is -2.40. The maximum Gasteiger partial charge on any atom is 0.257 e. The van der Waals surface area contributed by atoms with Crippen LogP contribution in [0.2, 0.25) is 0 Å². The Hall–Kier alpha value is -3.80. The van der Waals surface area contributed by atoms with Gasteiger partial charge in [-0.05, 0) is 17.7 Å². The summed E-state index contributed by atoms with van der Waals surface area (Å²) in [5, 5.41) is 14.2. The number of ether oxygens (including phenoxy) is 1. The summed E-state index contributed by atoms with van der Waals surface area (Å²) in [7, 11) is 0. The molecule has 2 atom stereocenters. The highest BCUT2D eigenvalue weighted by Crippen LogP contribution is 2.40. The molecule has 1 saturated heterocycles. The molecular weight excluding hydrogens is 470 g/mol. The van der Waals surface area contributed by atoms with E-state index < -0.39 is 35.9 Å². The van der Waals surface area contributed by atoms with Gasteiger partial charge >= 0.3 is 0 Å². The molecule has 184 valence electrons. The van der Waals surface area contributed by atoms with Crippen molar-refractivity contribution in [3.05, 3.63) is 77.5 Å². The minimum absolute atomic E-state index is 0.0185. The fraction of sp³-hybridized carbons (Fsp3) is 0.304. The smallest absolute Gasteiger partial charge is 0.257 e. The van der Waals surface area contributed by atoms with Gasteiger partial charge in [0.15, 0.2) is 24.0 Å². The first kappa shape index (κ1) is 24.3. The van der Waals surface area contributed by atoms with Crippen LogP contribution in [0.1, 0.15) is 17.9 Å². The van der Waals surface area contributed by atoms with Crippen LogP contribution in [-0.4, -0.2) is 52.8 Å². The fourth-order valence-electron chi connectivity index (χ4n) is 3.84. The molecule has 0 bridgehead atoms. The monoisotopic (exact) mass is 491 g/mol. The van der Waals surface area contributed by atoms with Crippen LogP contribution in [0.15, 0.2) is 55.1 Å². The number of nitrogens with one attached hydrogen (secondary N) is 1. The molecular formula is C23H21F4N5O3. The Morgan fingerprint density at radius 1 is 1.23 bits per heavy atom. The van der Waals surface area contributed by atoms with Crippen molar-refractivity contribution in [3.8, 4) is 11.6 Å². The van der Waals surface area contributed by atoms with Gasteiger partial charge in [0.25, 0.3) is 5.92 Å². The first-order chi connectivity index (χ1) is 16.7. The Morgan fingerprint density at radius 3 is 2.66 bits per heavy atom. The second-order valence-corrected chi connectivity index (χ2v) is 8.05. The number of anilines is 1. The number of likely N-dealkylation sites (tertiary alicyclic amines) is 1. The van der Waals surface area contributed by atoms with E-state index in [0.29, 0.717) is 22.6 Å². The number of rotatable bonds is 8. The highest BCUT2D eigenvalue weighted by molar-refractivity contribution is 5.59. The van der Waals surface area contributed by atoms with Gasteiger partial charge in [-0.2, -0.15) is 4.73 Å². The lowest BCUT2D eigenvalue weighted by atomic mass is 9.87. The predicted molar refractivity (Wildman–Crippen MR) is 116 cm³/mol. The van der Waals surface area contributed by atoms with Crippen molar-refractivity contribution in [3.63, 3.8) is 0 Å². The SMILES string of the molecule is O=C[C@H](CNc1cnc(Oc2ccc(F)cc2F)cn1)N1CCC(F)(F)C(c2cc[n+]([O-])cc2)C1. The third-order valence-electron chi connectivity index (χ3n) is 5.74. The largest absolute Gasteiger partial charge is 0.619 e. The average molecular weight is 491 g/mol. The third kappa shape index (κ3) is 5.83. The molecule has 0 aliphatic carbocycles. The molecule has 1 aromatic carbocycles. The maximum absolute atomic E-state index is 14.6. The van der Waals surface area contributed by atoms with Crippen molar-refractivity contribution in [1.82, 2.24) is 14.9 Å². The molecule has 2 aromatic heterocycles. The van der Waals surface area contributed by atoms with Crippen LogP contribution < -0.4 is 14.8 Å². The Morgan fingerprint density at radius 2 is 2.00 bits per heavy atom. The number of aromatic nitrogens is 3. The number of alkyl halides is 2. The Labute approximate surface area is 197 Å². The van der Waals surface area contributed by atoms with Crippen LogP contribution in [0.5, 0.6) is 11.6 Å². The molecule has 4 rings (SSSR count). The van der Waals surface area contributed by atoms with Gasteiger partial charge in [-0.25, -0.2) is 27.5 Å². The van der Waals surface area contributed by atoms with Crippen LogP contribution in [0.3, 0.4) is 0 Å². The van der Waals surface area contributed by atoms with E-state index >= 15 is 0 Å². The number of piperidine rings is 1. The number of halogens is 4. The summed E-state index contributed by atoms with van der Waals surface area (Å²) in [4.78, 5) is 21.5. The first-order valence-corrected chi connectivity index (χ1v) is 10.7. The Balaban J connectivity index is 1.37. The average Bonchev–Trinajstić information content (AvgIpc) is 2.83. The van der Waals surface area contributed by atoms with Gasteiger partial charge in [0.05, 0.1) is 24.4 Å². The first-order valence-electron chi connectivity index (χ1n) is 10.7. The van der Waals surface area contributed by atoms with E-state index in [1.807, 2.05) is 0 Å². The molecule has 3 aromatic rings. The molecule has 3 heterocycles. The number of nitrogens with zero attached hydrogens (tertiary/aromatic N) is 4. The number of pyridine rings is 1. The van der Waals surface area contributed by atoms with Crippen molar-refractivity contribution in [2.24, 2.45) is 0 Å². The molecule has 0 amide bonds. The summed E-state index contributed by atoms with van der Waals surface area (Å²) >= 11 is 0. The summed E-state index contributed by atoms with van der Waals surface area (Å²) in [6, 6.07) is 4.85. The van der Waals surface area contributed by atoms with Crippen LogP contribution in [0, 0.1) is 16.8 Å². The zero-order valence-electron chi connectivity index (χ0n) is 18.3. The van der Waals surface area contributed by atoms with Crippen molar-refractivity contribution in [1.29, 1.82) is 0 Å². The zero-order valence-corrected chi connectivity index (χ0v) is 18.3. The minimum Gasteiger partial charge on any atom is -0.619 e.